The second-order valence-corrected chi connectivity index (χ2v) is 7.41. The molecule has 0 spiro atoms. The van der Waals surface area contributed by atoms with Gasteiger partial charge in [0.15, 0.2) is 6.61 Å². The highest BCUT2D eigenvalue weighted by molar-refractivity contribution is 8.00. The molecule has 0 aromatic heterocycles. The zero-order valence-electron chi connectivity index (χ0n) is 15.2. The number of nitrogens with one attached hydrogen (secondary N) is 1. The average Bonchev–Trinajstić information content (AvgIpc) is 2.70. The fourth-order valence-corrected chi connectivity index (χ4v) is 3.25. The van der Waals surface area contributed by atoms with Gasteiger partial charge in [-0.2, -0.15) is 0 Å². The van der Waals surface area contributed by atoms with Crippen LogP contribution >= 0.6 is 23.5 Å². The van der Waals surface area contributed by atoms with Gasteiger partial charge in [-0.1, -0.05) is 24.3 Å². The number of amides is 2. The van der Waals surface area contributed by atoms with E-state index in [1.54, 1.807) is 42.1 Å². The molecule has 2 amide bonds. The molecule has 0 unspecified atom stereocenters. The Kier molecular flexibility index (Phi) is 8.64. The van der Waals surface area contributed by atoms with Crippen LogP contribution in [-0.4, -0.2) is 36.4 Å². The van der Waals surface area contributed by atoms with E-state index in [1.165, 1.54) is 17.8 Å². The van der Waals surface area contributed by atoms with Crippen molar-refractivity contribution in [3.8, 4) is 0 Å². The lowest BCUT2D eigenvalue weighted by Gasteiger charge is -2.10. The van der Waals surface area contributed by atoms with Crippen LogP contribution in [-0.2, 0) is 19.1 Å². The summed E-state index contributed by atoms with van der Waals surface area (Å²) in [6, 6.07) is 14.7. The number of para-hydroxylation sites is 1. The summed E-state index contributed by atoms with van der Waals surface area (Å²) in [7, 11) is 0. The number of esters is 1. The lowest BCUT2D eigenvalue weighted by atomic mass is 10.2. The van der Waals surface area contributed by atoms with Gasteiger partial charge in [0.05, 0.1) is 11.4 Å². The Morgan fingerprint density at radius 1 is 1.11 bits per heavy atom. The van der Waals surface area contributed by atoms with E-state index in [4.69, 9.17) is 10.5 Å². The Balaban J connectivity index is 1.84. The SMILES string of the molecule is CSc1ccc(/C=C/C(=O)OCC(=O)Nc2ccccc2SCC(N)=O)cc1. The number of primary amides is 1. The van der Waals surface area contributed by atoms with Crippen LogP contribution in [0.15, 0.2) is 64.4 Å². The quantitative estimate of drug-likeness (QED) is 0.370. The van der Waals surface area contributed by atoms with Crippen LogP contribution in [0.2, 0.25) is 0 Å². The van der Waals surface area contributed by atoms with Gasteiger partial charge in [-0.3, -0.25) is 9.59 Å². The highest BCUT2D eigenvalue weighted by Crippen LogP contribution is 2.26. The monoisotopic (exact) mass is 416 g/mol. The van der Waals surface area contributed by atoms with Gasteiger partial charge >= 0.3 is 5.97 Å². The smallest absolute Gasteiger partial charge is 0.331 e. The normalized spacial score (nSPS) is 10.6. The Bertz CT molecular complexity index is 867. The predicted molar refractivity (Wildman–Crippen MR) is 113 cm³/mol. The Labute approximate surface area is 171 Å². The first-order valence-electron chi connectivity index (χ1n) is 8.27. The van der Waals surface area contributed by atoms with Crippen molar-refractivity contribution in [3.63, 3.8) is 0 Å². The van der Waals surface area contributed by atoms with E-state index in [1.807, 2.05) is 30.5 Å². The number of ether oxygens (including phenoxy) is 1. The molecule has 0 heterocycles. The minimum absolute atomic E-state index is 0.102. The minimum atomic E-state index is -0.611. The van der Waals surface area contributed by atoms with Crippen LogP contribution in [0.5, 0.6) is 0 Å². The predicted octanol–water partition coefficient (Wildman–Crippen LogP) is 3.18. The standard InChI is InChI=1S/C20H20N2O4S2/c1-27-15-9-6-14(7-10-15)8-11-20(25)26-12-19(24)22-16-4-2-3-5-17(16)28-13-18(21)23/h2-11H,12-13H2,1H3,(H2,21,23)(H,22,24)/b11-8+. The summed E-state index contributed by atoms with van der Waals surface area (Å²) in [6.07, 6.45) is 4.89. The van der Waals surface area contributed by atoms with Crippen molar-refractivity contribution in [1.82, 2.24) is 0 Å². The van der Waals surface area contributed by atoms with Gasteiger partial charge in [-0.05, 0) is 42.2 Å². The number of anilines is 1. The number of rotatable bonds is 9. The molecule has 0 saturated heterocycles. The Morgan fingerprint density at radius 3 is 2.50 bits per heavy atom. The van der Waals surface area contributed by atoms with Gasteiger partial charge in [0.1, 0.15) is 0 Å². The van der Waals surface area contributed by atoms with Crippen LogP contribution in [0.4, 0.5) is 5.69 Å². The summed E-state index contributed by atoms with van der Waals surface area (Å²) in [5.41, 5.74) is 6.53. The molecule has 2 aromatic carbocycles. The van der Waals surface area contributed by atoms with E-state index in [0.717, 1.165) is 10.5 Å². The molecule has 0 atom stereocenters. The molecule has 146 valence electrons. The first-order chi connectivity index (χ1) is 13.5. The van der Waals surface area contributed by atoms with Crippen molar-refractivity contribution in [3.05, 3.63) is 60.2 Å². The molecule has 2 aromatic rings. The molecule has 8 heteroatoms. The van der Waals surface area contributed by atoms with E-state index in [2.05, 4.69) is 5.32 Å². The summed E-state index contributed by atoms with van der Waals surface area (Å²) in [5, 5.41) is 2.66. The minimum Gasteiger partial charge on any atom is -0.452 e. The lowest BCUT2D eigenvalue weighted by Crippen LogP contribution is -2.20. The summed E-state index contributed by atoms with van der Waals surface area (Å²) in [4.78, 5) is 36.6. The fourth-order valence-electron chi connectivity index (χ4n) is 2.10. The maximum Gasteiger partial charge on any atom is 0.331 e. The second-order valence-electron chi connectivity index (χ2n) is 5.51. The van der Waals surface area contributed by atoms with Gasteiger partial charge in [0.2, 0.25) is 5.91 Å². The molecule has 28 heavy (non-hydrogen) atoms. The van der Waals surface area contributed by atoms with Crippen molar-refractivity contribution >= 4 is 53.1 Å². The first-order valence-corrected chi connectivity index (χ1v) is 10.5. The molecular weight excluding hydrogens is 396 g/mol. The summed E-state index contributed by atoms with van der Waals surface area (Å²) >= 11 is 2.85. The van der Waals surface area contributed by atoms with Crippen LogP contribution < -0.4 is 11.1 Å². The van der Waals surface area contributed by atoms with Gasteiger partial charge in [0.25, 0.3) is 5.91 Å². The van der Waals surface area contributed by atoms with E-state index in [9.17, 15) is 14.4 Å². The van der Waals surface area contributed by atoms with Crippen molar-refractivity contribution in [2.45, 2.75) is 9.79 Å². The first kappa shape index (κ1) is 21.6. The third-order valence-corrected chi connectivity index (χ3v) is 5.24. The molecule has 0 saturated carbocycles. The van der Waals surface area contributed by atoms with Crippen LogP contribution in [0, 0.1) is 0 Å². The van der Waals surface area contributed by atoms with Crippen molar-refractivity contribution in [2.75, 3.05) is 23.9 Å². The molecule has 3 N–H and O–H groups in total. The van der Waals surface area contributed by atoms with E-state index < -0.39 is 24.4 Å². The van der Waals surface area contributed by atoms with Crippen molar-refractivity contribution < 1.29 is 19.1 Å². The Hall–Kier alpha value is -2.71. The molecule has 0 aliphatic carbocycles. The van der Waals surface area contributed by atoms with Crippen molar-refractivity contribution in [2.24, 2.45) is 5.73 Å². The Morgan fingerprint density at radius 2 is 1.82 bits per heavy atom. The highest BCUT2D eigenvalue weighted by Gasteiger charge is 2.10. The average molecular weight is 417 g/mol. The fraction of sp³-hybridized carbons (Fsp3) is 0.150. The van der Waals surface area contributed by atoms with E-state index >= 15 is 0 Å². The van der Waals surface area contributed by atoms with Crippen LogP contribution in [0.3, 0.4) is 0 Å². The molecule has 0 radical (unpaired) electrons. The number of carbonyl (C=O) groups is 3. The number of thioether (sulfide) groups is 2. The second kappa shape index (κ2) is 11.2. The van der Waals surface area contributed by atoms with Crippen molar-refractivity contribution in [1.29, 1.82) is 0 Å². The van der Waals surface area contributed by atoms with Gasteiger partial charge in [-0.15, -0.1) is 23.5 Å². The summed E-state index contributed by atoms with van der Waals surface area (Å²) in [5.74, 6) is -1.43. The molecule has 0 bridgehead atoms. The number of carbonyl (C=O) groups excluding carboxylic acids is 3. The van der Waals surface area contributed by atoms with Gasteiger partial charge in [0, 0.05) is 15.9 Å². The molecular formula is C20H20N2O4S2. The number of benzene rings is 2. The lowest BCUT2D eigenvalue weighted by molar-refractivity contribution is -0.142. The third kappa shape index (κ3) is 7.50. The molecule has 0 fully saturated rings. The number of hydrogen-bond donors (Lipinski definition) is 2. The molecule has 0 aliphatic rings. The summed E-state index contributed by atoms with van der Waals surface area (Å²) < 4.78 is 4.96. The van der Waals surface area contributed by atoms with Crippen LogP contribution in [0.25, 0.3) is 6.08 Å². The van der Waals surface area contributed by atoms with Crippen LogP contribution in [0.1, 0.15) is 5.56 Å². The number of nitrogens with two attached hydrogens (primary N) is 1. The molecule has 6 nitrogen and oxygen atoms in total. The molecule has 0 aliphatic heterocycles. The zero-order chi connectivity index (χ0) is 20.4. The number of hydrogen-bond acceptors (Lipinski definition) is 6. The maximum atomic E-state index is 12.0. The molecule has 2 rings (SSSR count). The third-order valence-electron chi connectivity index (χ3n) is 3.40. The topological polar surface area (TPSA) is 98.5 Å². The van der Waals surface area contributed by atoms with E-state index in [0.29, 0.717) is 10.6 Å². The van der Waals surface area contributed by atoms with Gasteiger partial charge < -0.3 is 15.8 Å². The van der Waals surface area contributed by atoms with Gasteiger partial charge in [-0.25, -0.2) is 4.79 Å². The largest absolute Gasteiger partial charge is 0.452 e. The summed E-state index contributed by atoms with van der Waals surface area (Å²) in [6.45, 7) is -0.413. The zero-order valence-corrected chi connectivity index (χ0v) is 16.8. The highest BCUT2D eigenvalue weighted by atomic mass is 32.2. The maximum absolute atomic E-state index is 12.0. The van der Waals surface area contributed by atoms with E-state index in [-0.39, 0.29) is 5.75 Å².